The predicted molar refractivity (Wildman–Crippen MR) is 46.9 cm³/mol. The molecule has 3 N–H and O–H groups in total. The van der Waals surface area contributed by atoms with Gasteiger partial charge in [0.1, 0.15) is 6.04 Å². The third-order valence-electron chi connectivity index (χ3n) is 1.33. The third kappa shape index (κ3) is 5.70. The van der Waals surface area contributed by atoms with Gasteiger partial charge in [0.25, 0.3) is 0 Å². The summed E-state index contributed by atoms with van der Waals surface area (Å²) in [5, 5.41) is 13.4. The van der Waals surface area contributed by atoms with E-state index in [9.17, 15) is 9.59 Å². The van der Waals surface area contributed by atoms with Gasteiger partial charge in [-0.2, -0.15) is 0 Å². The van der Waals surface area contributed by atoms with Crippen LogP contribution in [0.2, 0.25) is 0 Å². The topological polar surface area (TPSA) is 78.4 Å². The smallest absolute Gasteiger partial charge is 0.320 e. The van der Waals surface area contributed by atoms with Crippen molar-refractivity contribution in [1.82, 2.24) is 10.6 Å². The maximum absolute atomic E-state index is 10.9. The van der Waals surface area contributed by atoms with Gasteiger partial charge in [-0.15, -0.1) is 6.42 Å². The van der Waals surface area contributed by atoms with Crippen LogP contribution >= 0.6 is 0 Å². The minimum atomic E-state index is -0.996. The summed E-state index contributed by atoms with van der Waals surface area (Å²) in [5.41, 5.74) is 0. The van der Waals surface area contributed by atoms with Crippen molar-refractivity contribution in [2.75, 3.05) is 13.1 Å². The molecule has 0 saturated heterocycles. The Morgan fingerprint density at radius 3 is 2.69 bits per heavy atom. The molecule has 1 amide bonds. The number of hydrogen-bond acceptors (Lipinski definition) is 3. The van der Waals surface area contributed by atoms with Gasteiger partial charge in [-0.05, 0) is 6.92 Å². The summed E-state index contributed by atoms with van der Waals surface area (Å²) >= 11 is 0. The van der Waals surface area contributed by atoms with Crippen molar-refractivity contribution in [1.29, 1.82) is 0 Å². The van der Waals surface area contributed by atoms with E-state index >= 15 is 0 Å². The molecule has 0 aromatic carbocycles. The summed E-state index contributed by atoms with van der Waals surface area (Å²) in [6.07, 6.45) is 4.90. The van der Waals surface area contributed by atoms with Crippen LogP contribution in [0, 0.1) is 12.3 Å². The first-order chi connectivity index (χ1) is 6.07. The van der Waals surface area contributed by atoms with Crippen LogP contribution in [0.3, 0.4) is 0 Å². The van der Waals surface area contributed by atoms with Crippen molar-refractivity contribution in [3.63, 3.8) is 0 Å². The number of rotatable bonds is 5. The molecule has 0 fully saturated rings. The van der Waals surface area contributed by atoms with Crippen LogP contribution in [0.5, 0.6) is 0 Å². The first-order valence-electron chi connectivity index (χ1n) is 3.74. The predicted octanol–water partition coefficient (Wildman–Crippen LogP) is -1.20. The first-order valence-corrected chi connectivity index (χ1v) is 3.74. The monoisotopic (exact) mass is 184 g/mol. The molecular weight excluding hydrogens is 172 g/mol. The van der Waals surface area contributed by atoms with Crippen molar-refractivity contribution in [2.24, 2.45) is 0 Å². The molecule has 0 aliphatic rings. The van der Waals surface area contributed by atoms with E-state index in [1.54, 1.807) is 0 Å². The Labute approximate surface area is 76.5 Å². The Balaban J connectivity index is 3.59. The van der Waals surface area contributed by atoms with Crippen LogP contribution < -0.4 is 10.6 Å². The lowest BCUT2D eigenvalue weighted by molar-refractivity contribution is -0.139. The van der Waals surface area contributed by atoms with Crippen LogP contribution in [-0.2, 0) is 9.59 Å². The van der Waals surface area contributed by atoms with E-state index in [4.69, 9.17) is 11.5 Å². The SMILES string of the molecule is C#CCNC(=O)CNC(C)C(=O)O. The van der Waals surface area contributed by atoms with Crippen LogP contribution in [0.25, 0.3) is 0 Å². The van der Waals surface area contributed by atoms with Gasteiger partial charge in [0.2, 0.25) is 5.91 Å². The molecule has 0 aliphatic heterocycles. The van der Waals surface area contributed by atoms with Gasteiger partial charge < -0.3 is 10.4 Å². The summed E-state index contributed by atoms with van der Waals surface area (Å²) in [7, 11) is 0. The minimum Gasteiger partial charge on any atom is -0.480 e. The quantitative estimate of drug-likeness (QED) is 0.469. The molecule has 0 bridgehead atoms. The highest BCUT2D eigenvalue weighted by molar-refractivity contribution is 5.79. The molecule has 0 aromatic heterocycles. The Morgan fingerprint density at radius 2 is 2.23 bits per heavy atom. The average molecular weight is 184 g/mol. The Bertz CT molecular complexity index is 232. The third-order valence-corrected chi connectivity index (χ3v) is 1.33. The van der Waals surface area contributed by atoms with E-state index in [1.165, 1.54) is 6.92 Å². The molecule has 0 heterocycles. The summed E-state index contributed by atoms with van der Waals surface area (Å²) in [4.78, 5) is 21.2. The number of carbonyl (C=O) groups excluding carboxylic acids is 1. The van der Waals surface area contributed by atoms with Crippen LogP contribution in [0.4, 0.5) is 0 Å². The fourth-order valence-electron chi connectivity index (χ4n) is 0.545. The van der Waals surface area contributed by atoms with Gasteiger partial charge >= 0.3 is 5.97 Å². The second-order valence-electron chi connectivity index (χ2n) is 2.42. The van der Waals surface area contributed by atoms with Crippen LogP contribution in [-0.4, -0.2) is 36.1 Å². The van der Waals surface area contributed by atoms with Crippen LogP contribution in [0.15, 0.2) is 0 Å². The van der Waals surface area contributed by atoms with Crippen molar-refractivity contribution in [2.45, 2.75) is 13.0 Å². The lowest BCUT2D eigenvalue weighted by Gasteiger charge is -2.07. The van der Waals surface area contributed by atoms with Crippen molar-refractivity contribution in [3.05, 3.63) is 0 Å². The van der Waals surface area contributed by atoms with Gasteiger partial charge in [-0.25, -0.2) is 0 Å². The van der Waals surface area contributed by atoms with E-state index in [1.807, 2.05) is 0 Å². The van der Waals surface area contributed by atoms with Gasteiger partial charge in [0, 0.05) is 0 Å². The maximum Gasteiger partial charge on any atom is 0.320 e. The average Bonchev–Trinajstić information content (AvgIpc) is 2.10. The highest BCUT2D eigenvalue weighted by Crippen LogP contribution is 1.79. The zero-order valence-corrected chi connectivity index (χ0v) is 7.33. The van der Waals surface area contributed by atoms with E-state index in [0.717, 1.165) is 0 Å². The molecule has 1 unspecified atom stereocenters. The lowest BCUT2D eigenvalue weighted by atomic mass is 10.3. The van der Waals surface area contributed by atoms with Gasteiger partial charge in [-0.3, -0.25) is 14.9 Å². The van der Waals surface area contributed by atoms with E-state index in [-0.39, 0.29) is 19.0 Å². The molecule has 0 radical (unpaired) electrons. The van der Waals surface area contributed by atoms with Crippen molar-refractivity contribution >= 4 is 11.9 Å². The van der Waals surface area contributed by atoms with Crippen LogP contribution in [0.1, 0.15) is 6.92 Å². The Morgan fingerprint density at radius 1 is 1.62 bits per heavy atom. The minimum absolute atomic E-state index is 0.0465. The number of hydrogen-bond donors (Lipinski definition) is 3. The molecule has 0 aliphatic carbocycles. The largest absolute Gasteiger partial charge is 0.480 e. The second-order valence-corrected chi connectivity index (χ2v) is 2.42. The van der Waals surface area contributed by atoms with Gasteiger partial charge in [0.15, 0.2) is 0 Å². The van der Waals surface area contributed by atoms with Gasteiger partial charge in [-0.1, -0.05) is 5.92 Å². The van der Waals surface area contributed by atoms with E-state index < -0.39 is 12.0 Å². The fraction of sp³-hybridized carbons (Fsp3) is 0.500. The van der Waals surface area contributed by atoms with Crippen molar-refractivity contribution < 1.29 is 14.7 Å². The molecule has 0 aromatic rings. The summed E-state index contributed by atoms with van der Waals surface area (Å²) in [5.74, 6) is 0.924. The highest BCUT2D eigenvalue weighted by atomic mass is 16.4. The normalized spacial score (nSPS) is 11.4. The second kappa shape index (κ2) is 6.03. The summed E-state index contributed by atoms with van der Waals surface area (Å²) < 4.78 is 0. The molecule has 13 heavy (non-hydrogen) atoms. The summed E-state index contributed by atoms with van der Waals surface area (Å²) in [6.45, 7) is 1.56. The maximum atomic E-state index is 10.9. The first kappa shape index (κ1) is 11.5. The molecule has 5 heteroatoms. The molecular formula is C8H12N2O3. The lowest BCUT2D eigenvalue weighted by Crippen LogP contribution is -2.41. The molecule has 0 spiro atoms. The number of carboxylic acid groups (broad SMARTS) is 1. The number of aliphatic carboxylic acids is 1. The van der Waals surface area contributed by atoms with Crippen molar-refractivity contribution in [3.8, 4) is 12.3 Å². The highest BCUT2D eigenvalue weighted by Gasteiger charge is 2.10. The number of amides is 1. The van der Waals surface area contributed by atoms with E-state index in [2.05, 4.69) is 16.6 Å². The molecule has 1 atom stereocenters. The Kier molecular flexibility index (Phi) is 5.32. The molecule has 72 valence electrons. The zero-order chi connectivity index (χ0) is 10.3. The molecule has 5 nitrogen and oxygen atoms in total. The summed E-state index contributed by atoms with van der Waals surface area (Å²) in [6, 6.07) is -0.739. The standard InChI is InChI=1S/C8H12N2O3/c1-3-4-9-7(11)5-10-6(2)8(12)13/h1,6,10H,4-5H2,2H3,(H,9,11)(H,12,13). The van der Waals surface area contributed by atoms with E-state index in [0.29, 0.717) is 0 Å². The fourth-order valence-corrected chi connectivity index (χ4v) is 0.545. The van der Waals surface area contributed by atoms with Gasteiger partial charge in [0.05, 0.1) is 13.1 Å². The number of carboxylic acids is 1. The number of nitrogens with one attached hydrogen (secondary N) is 2. The zero-order valence-electron chi connectivity index (χ0n) is 7.33. The Hall–Kier alpha value is -1.54. The molecule has 0 saturated carbocycles. The number of terminal acetylenes is 1. The number of carbonyl (C=O) groups is 2. The molecule has 0 rings (SSSR count).